The maximum absolute atomic E-state index is 12.4. The molecule has 7 nitrogen and oxygen atoms in total. The second-order valence-electron chi connectivity index (χ2n) is 5.28. The number of amides is 2. The van der Waals surface area contributed by atoms with Crippen molar-refractivity contribution in [1.29, 1.82) is 0 Å². The van der Waals surface area contributed by atoms with E-state index < -0.39 is 0 Å². The highest BCUT2D eigenvalue weighted by Gasteiger charge is 2.22. The molecule has 1 N–H and O–H groups in total. The van der Waals surface area contributed by atoms with Crippen molar-refractivity contribution in [1.82, 2.24) is 24.9 Å². The fourth-order valence-corrected chi connectivity index (χ4v) is 2.50. The smallest absolute Gasteiger partial charge is 0.257 e. The lowest BCUT2D eigenvalue weighted by atomic mass is 10.3. The third-order valence-corrected chi connectivity index (χ3v) is 3.57. The van der Waals surface area contributed by atoms with Crippen molar-refractivity contribution in [2.24, 2.45) is 7.05 Å². The summed E-state index contributed by atoms with van der Waals surface area (Å²) in [6.45, 7) is 5.90. The zero-order valence-electron chi connectivity index (χ0n) is 12.7. The lowest BCUT2D eigenvalue weighted by molar-refractivity contribution is -0.122. The molecule has 0 saturated carbocycles. The molecule has 7 heteroatoms. The summed E-state index contributed by atoms with van der Waals surface area (Å²) in [4.78, 5) is 27.9. The van der Waals surface area contributed by atoms with E-state index in [0.29, 0.717) is 25.2 Å². The van der Waals surface area contributed by atoms with E-state index >= 15 is 0 Å². The highest BCUT2D eigenvalue weighted by molar-refractivity contribution is 5.93. The van der Waals surface area contributed by atoms with Gasteiger partial charge in [0, 0.05) is 46.0 Å². The van der Waals surface area contributed by atoms with E-state index in [1.165, 1.54) is 0 Å². The molecule has 1 saturated heterocycles. The number of rotatable bonds is 4. The van der Waals surface area contributed by atoms with Crippen molar-refractivity contribution in [2.45, 2.75) is 13.3 Å². The van der Waals surface area contributed by atoms with Crippen molar-refractivity contribution >= 4 is 11.8 Å². The second-order valence-corrected chi connectivity index (χ2v) is 5.28. The Labute approximate surface area is 124 Å². The number of aromatic nitrogens is 2. The second kappa shape index (κ2) is 7.21. The maximum atomic E-state index is 12.4. The van der Waals surface area contributed by atoms with Gasteiger partial charge in [-0.3, -0.25) is 19.2 Å². The summed E-state index contributed by atoms with van der Waals surface area (Å²) in [6, 6.07) is 0. The van der Waals surface area contributed by atoms with Crippen LogP contribution in [0.4, 0.5) is 0 Å². The van der Waals surface area contributed by atoms with Crippen LogP contribution in [0.5, 0.6) is 0 Å². The van der Waals surface area contributed by atoms with E-state index in [4.69, 9.17) is 0 Å². The average molecular weight is 293 g/mol. The van der Waals surface area contributed by atoms with Crippen LogP contribution in [0, 0.1) is 0 Å². The van der Waals surface area contributed by atoms with Crippen molar-refractivity contribution in [3.8, 4) is 0 Å². The summed E-state index contributed by atoms with van der Waals surface area (Å²) in [5.74, 6) is 0.0625. The Kier molecular flexibility index (Phi) is 5.32. The van der Waals surface area contributed by atoms with Crippen LogP contribution in [0.15, 0.2) is 12.4 Å². The van der Waals surface area contributed by atoms with Crippen LogP contribution in [-0.4, -0.2) is 70.7 Å². The first-order valence-corrected chi connectivity index (χ1v) is 7.37. The minimum Gasteiger partial charge on any atom is -0.355 e. The fraction of sp³-hybridized carbons (Fsp3) is 0.643. The Bertz CT molecular complexity index is 499. The Morgan fingerprint density at radius 1 is 1.29 bits per heavy atom. The van der Waals surface area contributed by atoms with Crippen molar-refractivity contribution in [3.05, 3.63) is 18.0 Å². The molecule has 0 aromatic carbocycles. The summed E-state index contributed by atoms with van der Waals surface area (Å²) in [5, 5.41) is 6.84. The average Bonchev–Trinajstić information content (AvgIpc) is 2.75. The van der Waals surface area contributed by atoms with Gasteiger partial charge in [0.05, 0.1) is 18.3 Å². The summed E-state index contributed by atoms with van der Waals surface area (Å²) in [6.07, 6.45) is 4.21. The van der Waals surface area contributed by atoms with Gasteiger partial charge in [0.1, 0.15) is 0 Å². The Balaban J connectivity index is 1.88. The Morgan fingerprint density at radius 3 is 2.76 bits per heavy atom. The fourth-order valence-electron chi connectivity index (χ4n) is 2.50. The molecule has 1 fully saturated rings. The van der Waals surface area contributed by atoms with Crippen molar-refractivity contribution in [2.75, 3.05) is 39.3 Å². The normalized spacial score (nSPS) is 16.6. The number of carbonyl (C=O) groups excluding carboxylic acids is 2. The van der Waals surface area contributed by atoms with Crippen LogP contribution >= 0.6 is 0 Å². The summed E-state index contributed by atoms with van der Waals surface area (Å²) in [5.41, 5.74) is 0.620. The summed E-state index contributed by atoms with van der Waals surface area (Å²) < 4.78 is 1.63. The van der Waals surface area contributed by atoms with E-state index in [-0.39, 0.29) is 11.8 Å². The van der Waals surface area contributed by atoms with Gasteiger partial charge in [-0.1, -0.05) is 0 Å². The first-order chi connectivity index (χ1) is 10.1. The number of hydrogen-bond acceptors (Lipinski definition) is 4. The lowest BCUT2D eigenvalue weighted by Gasteiger charge is -2.21. The number of nitrogens with zero attached hydrogens (tertiary/aromatic N) is 4. The topological polar surface area (TPSA) is 70.5 Å². The van der Waals surface area contributed by atoms with Gasteiger partial charge in [-0.05, 0) is 13.3 Å². The van der Waals surface area contributed by atoms with Crippen LogP contribution in [-0.2, 0) is 11.8 Å². The predicted octanol–water partition coefficient (Wildman–Crippen LogP) is -0.296. The minimum atomic E-state index is 0.0166. The summed E-state index contributed by atoms with van der Waals surface area (Å²) >= 11 is 0. The van der Waals surface area contributed by atoms with Gasteiger partial charge in [-0.25, -0.2) is 0 Å². The molecule has 0 aliphatic carbocycles. The molecular formula is C14H23N5O2. The number of nitrogens with one attached hydrogen (secondary N) is 1. The van der Waals surface area contributed by atoms with Crippen molar-refractivity contribution < 1.29 is 9.59 Å². The molecule has 21 heavy (non-hydrogen) atoms. The SMILES string of the molecule is CCNC(=O)CN1CCCN(C(=O)c2cnn(C)c2)CC1. The molecule has 2 rings (SSSR count). The van der Waals surface area contributed by atoms with Crippen molar-refractivity contribution in [3.63, 3.8) is 0 Å². The molecule has 0 bridgehead atoms. The van der Waals surface area contributed by atoms with E-state index in [2.05, 4.69) is 15.3 Å². The van der Waals surface area contributed by atoms with E-state index in [9.17, 15) is 9.59 Å². The number of aryl methyl sites for hydroxylation is 1. The molecule has 2 amide bonds. The van der Waals surface area contributed by atoms with Crippen LogP contribution in [0.25, 0.3) is 0 Å². The molecule has 1 aromatic rings. The van der Waals surface area contributed by atoms with Crippen LogP contribution in [0.1, 0.15) is 23.7 Å². The van der Waals surface area contributed by atoms with E-state index in [0.717, 1.165) is 26.1 Å². The molecule has 0 spiro atoms. The number of carbonyl (C=O) groups is 2. The number of hydrogen-bond donors (Lipinski definition) is 1. The minimum absolute atomic E-state index is 0.0166. The quantitative estimate of drug-likeness (QED) is 0.828. The van der Waals surface area contributed by atoms with E-state index in [1.54, 1.807) is 24.1 Å². The zero-order valence-corrected chi connectivity index (χ0v) is 12.7. The zero-order chi connectivity index (χ0) is 15.2. The molecule has 0 radical (unpaired) electrons. The number of likely N-dealkylation sites (N-methyl/N-ethyl adjacent to an activating group) is 1. The van der Waals surface area contributed by atoms with Gasteiger partial charge < -0.3 is 10.2 Å². The molecule has 0 unspecified atom stereocenters. The highest BCUT2D eigenvalue weighted by atomic mass is 16.2. The Morgan fingerprint density at radius 2 is 2.10 bits per heavy atom. The molecular weight excluding hydrogens is 270 g/mol. The van der Waals surface area contributed by atoms with Gasteiger partial charge in [0.2, 0.25) is 5.91 Å². The van der Waals surface area contributed by atoms with Gasteiger partial charge in [-0.2, -0.15) is 5.10 Å². The lowest BCUT2D eigenvalue weighted by Crippen LogP contribution is -2.40. The first kappa shape index (κ1) is 15.5. The molecule has 1 aliphatic rings. The van der Waals surface area contributed by atoms with Gasteiger partial charge in [0.25, 0.3) is 5.91 Å². The van der Waals surface area contributed by atoms with Crippen LogP contribution in [0.3, 0.4) is 0 Å². The Hall–Kier alpha value is -1.89. The highest BCUT2D eigenvalue weighted by Crippen LogP contribution is 2.08. The van der Waals surface area contributed by atoms with Gasteiger partial charge in [-0.15, -0.1) is 0 Å². The van der Waals surface area contributed by atoms with Crippen LogP contribution < -0.4 is 5.32 Å². The maximum Gasteiger partial charge on any atom is 0.257 e. The summed E-state index contributed by atoms with van der Waals surface area (Å²) in [7, 11) is 1.80. The third kappa shape index (κ3) is 4.29. The molecule has 116 valence electrons. The standard InChI is InChI=1S/C14H23N5O2/c1-3-15-13(20)11-18-5-4-6-19(8-7-18)14(21)12-9-16-17(2)10-12/h9-10H,3-8,11H2,1-2H3,(H,15,20). The van der Waals surface area contributed by atoms with Gasteiger partial charge in [0.15, 0.2) is 0 Å². The van der Waals surface area contributed by atoms with Gasteiger partial charge >= 0.3 is 0 Å². The largest absolute Gasteiger partial charge is 0.355 e. The van der Waals surface area contributed by atoms with Crippen LogP contribution in [0.2, 0.25) is 0 Å². The third-order valence-electron chi connectivity index (χ3n) is 3.57. The first-order valence-electron chi connectivity index (χ1n) is 7.37. The van der Waals surface area contributed by atoms with E-state index in [1.807, 2.05) is 11.8 Å². The molecule has 0 atom stereocenters. The molecule has 1 aliphatic heterocycles. The molecule has 2 heterocycles. The monoisotopic (exact) mass is 293 g/mol. The molecule has 1 aromatic heterocycles. The predicted molar refractivity (Wildman–Crippen MR) is 78.9 cm³/mol.